The van der Waals surface area contributed by atoms with E-state index < -0.39 is 0 Å². The first-order valence-corrected chi connectivity index (χ1v) is 6.94. The maximum atomic E-state index is 13.7. The van der Waals surface area contributed by atoms with Crippen molar-refractivity contribution in [2.75, 3.05) is 20.3 Å². The molecule has 21 heavy (non-hydrogen) atoms. The van der Waals surface area contributed by atoms with Gasteiger partial charge in [-0.2, -0.15) is 0 Å². The number of ether oxygens (including phenoxy) is 2. The second-order valence-corrected chi connectivity index (χ2v) is 5.05. The molecule has 0 unspecified atom stereocenters. The third-order valence-corrected chi connectivity index (χ3v) is 3.69. The molecule has 0 bridgehead atoms. The summed E-state index contributed by atoms with van der Waals surface area (Å²) in [4.78, 5) is 0. The van der Waals surface area contributed by atoms with Crippen LogP contribution in [-0.2, 0) is 11.3 Å². The molecule has 0 saturated carbocycles. The largest absolute Gasteiger partial charge is 0.494 e. The first-order chi connectivity index (χ1) is 10.3. The number of hydrogen-bond donors (Lipinski definition) is 0. The number of aromatic nitrogens is 4. The molecule has 1 saturated heterocycles. The molecular formula is C14H17FN4O2. The number of benzene rings is 1. The third-order valence-electron chi connectivity index (χ3n) is 3.69. The summed E-state index contributed by atoms with van der Waals surface area (Å²) < 4.78 is 25.7. The maximum absolute atomic E-state index is 13.7. The van der Waals surface area contributed by atoms with Crippen LogP contribution >= 0.6 is 0 Å². The summed E-state index contributed by atoms with van der Waals surface area (Å²) in [6.45, 7) is 1.91. The Hall–Kier alpha value is -2.02. The van der Waals surface area contributed by atoms with Crippen LogP contribution in [0.1, 0.15) is 30.1 Å². The van der Waals surface area contributed by atoms with Gasteiger partial charge >= 0.3 is 0 Å². The van der Waals surface area contributed by atoms with Crippen LogP contribution in [0.15, 0.2) is 18.2 Å². The summed E-state index contributed by atoms with van der Waals surface area (Å²) in [6.07, 6.45) is 1.83. The second-order valence-electron chi connectivity index (χ2n) is 5.05. The van der Waals surface area contributed by atoms with Crippen molar-refractivity contribution in [3.05, 3.63) is 35.4 Å². The highest BCUT2D eigenvalue weighted by Gasteiger charge is 2.22. The highest BCUT2D eigenvalue weighted by atomic mass is 19.1. The Morgan fingerprint density at radius 3 is 2.90 bits per heavy atom. The Balaban J connectivity index is 1.79. The molecule has 6 nitrogen and oxygen atoms in total. The van der Waals surface area contributed by atoms with Gasteiger partial charge < -0.3 is 9.47 Å². The van der Waals surface area contributed by atoms with E-state index in [1.165, 1.54) is 13.2 Å². The Kier molecular flexibility index (Phi) is 4.10. The van der Waals surface area contributed by atoms with Crippen LogP contribution in [0.5, 0.6) is 5.75 Å². The fraction of sp³-hybridized carbons (Fsp3) is 0.500. The normalized spacial score (nSPS) is 16.1. The molecule has 0 amide bonds. The number of rotatable bonds is 4. The molecule has 1 aromatic heterocycles. The molecule has 1 aromatic carbocycles. The molecule has 2 heterocycles. The number of tetrazole rings is 1. The summed E-state index contributed by atoms with van der Waals surface area (Å²) in [6, 6.07) is 4.88. The van der Waals surface area contributed by atoms with E-state index in [9.17, 15) is 4.39 Å². The van der Waals surface area contributed by atoms with E-state index >= 15 is 0 Å². The SMILES string of the molecule is COc1ccc(Cn2nnnc2C2CCOCC2)cc1F. The van der Waals surface area contributed by atoms with Crippen molar-refractivity contribution in [3.8, 4) is 5.75 Å². The third kappa shape index (κ3) is 3.02. The van der Waals surface area contributed by atoms with Crippen LogP contribution < -0.4 is 4.74 Å². The van der Waals surface area contributed by atoms with Crippen molar-refractivity contribution in [3.63, 3.8) is 0 Å². The Labute approximate surface area is 121 Å². The van der Waals surface area contributed by atoms with Crippen molar-refractivity contribution in [2.24, 2.45) is 0 Å². The zero-order chi connectivity index (χ0) is 14.7. The van der Waals surface area contributed by atoms with Gasteiger partial charge in [0.05, 0.1) is 13.7 Å². The average molecular weight is 292 g/mol. The summed E-state index contributed by atoms with van der Waals surface area (Å²) in [5.74, 6) is 1.00. The first-order valence-electron chi connectivity index (χ1n) is 6.94. The van der Waals surface area contributed by atoms with Crippen LogP contribution in [-0.4, -0.2) is 40.5 Å². The molecule has 0 atom stereocenters. The molecule has 3 rings (SSSR count). The van der Waals surface area contributed by atoms with Gasteiger partial charge in [-0.3, -0.25) is 0 Å². The van der Waals surface area contributed by atoms with Gasteiger partial charge in [0.1, 0.15) is 0 Å². The molecular weight excluding hydrogens is 275 g/mol. The van der Waals surface area contributed by atoms with Gasteiger partial charge in [0.2, 0.25) is 0 Å². The maximum Gasteiger partial charge on any atom is 0.165 e. The highest BCUT2D eigenvalue weighted by molar-refractivity contribution is 5.29. The second kappa shape index (κ2) is 6.17. The molecule has 2 aromatic rings. The molecule has 1 fully saturated rings. The van der Waals surface area contributed by atoms with Crippen LogP contribution in [0.25, 0.3) is 0 Å². The zero-order valence-electron chi connectivity index (χ0n) is 11.8. The smallest absolute Gasteiger partial charge is 0.165 e. The minimum atomic E-state index is -0.379. The van der Waals surface area contributed by atoms with Crippen molar-refractivity contribution >= 4 is 0 Å². The summed E-state index contributed by atoms with van der Waals surface area (Å²) in [5.41, 5.74) is 0.800. The highest BCUT2D eigenvalue weighted by Crippen LogP contribution is 2.25. The van der Waals surface area contributed by atoms with E-state index in [-0.39, 0.29) is 11.6 Å². The molecule has 0 radical (unpaired) electrons. The zero-order valence-corrected chi connectivity index (χ0v) is 11.8. The van der Waals surface area contributed by atoms with Gasteiger partial charge in [0.25, 0.3) is 0 Å². The predicted octanol–water partition coefficient (Wildman–Crippen LogP) is 1.76. The summed E-state index contributed by atoms with van der Waals surface area (Å²) in [5, 5.41) is 11.9. The van der Waals surface area contributed by atoms with Gasteiger partial charge in [-0.15, -0.1) is 5.10 Å². The van der Waals surface area contributed by atoms with Crippen molar-refractivity contribution in [2.45, 2.75) is 25.3 Å². The number of hydrogen-bond acceptors (Lipinski definition) is 5. The van der Waals surface area contributed by atoms with Gasteiger partial charge in [0, 0.05) is 19.1 Å². The Bertz CT molecular complexity index is 611. The van der Waals surface area contributed by atoms with E-state index in [2.05, 4.69) is 15.5 Å². The molecule has 0 N–H and O–H groups in total. The topological polar surface area (TPSA) is 62.1 Å². The summed E-state index contributed by atoms with van der Waals surface area (Å²) in [7, 11) is 1.45. The van der Waals surface area contributed by atoms with Gasteiger partial charge in [-0.05, 0) is 41.0 Å². The molecule has 112 valence electrons. The van der Waals surface area contributed by atoms with E-state index in [0.717, 1.165) is 37.4 Å². The van der Waals surface area contributed by atoms with Crippen molar-refractivity contribution < 1.29 is 13.9 Å². The van der Waals surface area contributed by atoms with Crippen LogP contribution in [0.3, 0.4) is 0 Å². The van der Waals surface area contributed by atoms with Gasteiger partial charge in [-0.1, -0.05) is 6.07 Å². The van der Waals surface area contributed by atoms with Crippen LogP contribution in [0.2, 0.25) is 0 Å². The summed E-state index contributed by atoms with van der Waals surface area (Å²) >= 11 is 0. The standard InChI is InChI=1S/C14H17FN4O2/c1-20-13-3-2-10(8-12(13)15)9-19-14(16-17-18-19)11-4-6-21-7-5-11/h2-3,8,11H,4-7,9H2,1H3. The lowest BCUT2D eigenvalue weighted by atomic mass is 9.99. The average Bonchev–Trinajstić information content (AvgIpc) is 2.96. The van der Waals surface area contributed by atoms with Crippen LogP contribution in [0.4, 0.5) is 4.39 Å². The predicted molar refractivity (Wildman–Crippen MR) is 72.7 cm³/mol. The monoisotopic (exact) mass is 292 g/mol. The van der Waals surface area contributed by atoms with E-state index in [4.69, 9.17) is 9.47 Å². The van der Waals surface area contributed by atoms with E-state index in [1.807, 2.05) is 6.07 Å². The Morgan fingerprint density at radius 1 is 1.38 bits per heavy atom. The molecule has 7 heteroatoms. The number of methoxy groups -OCH3 is 1. The lowest BCUT2D eigenvalue weighted by Gasteiger charge is -2.21. The lowest BCUT2D eigenvalue weighted by Crippen LogP contribution is -2.19. The van der Waals surface area contributed by atoms with Gasteiger partial charge in [0.15, 0.2) is 17.4 Å². The molecule has 0 aliphatic carbocycles. The number of halogens is 1. The minimum Gasteiger partial charge on any atom is -0.494 e. The van der Waals surface area contributed by atoms with Crippen LogP contribution in [0, 0.1) is 5.82 Å². The van der Waals surface area contributed by atoms with E-state index in [1.54, 1.807) is 10.7 Å². The molecule has 1 aliphatic rings. The van der Waals surface area contributed by atoms with Crippen molar-refractivity contribution in [1.29, 1.82) is 0 Å². The fourth-order valence-corrected chi connectivity index (χ4v) is 2.55. The van der Waals surface area contributed by atoms with Crippen molar-refractivity contribution in [1.82, 2.24) is 20.2 Å². The molecule has 0 spiro atoms. The quantitative estimate of drug-likeness (QED) is 0.859. The van der Waals surface area contributed by atoms with E-state index in [0.29, 0.717) is 12.5 Å². The lowest BCUT2D eigenvalue weighted by molar-refractivity contribution is 0.0826. The Morgan fingerprint density at radius 2 is 2.19 bits per heavy atom. The number of nitrogens with zero attached hydrogens (tertiary/aromatic N) is 4. The fourth-order valence-electron chi connectivity index (χ4n) is 2.55. The van der Waals surface area contributed by atoms with Gasteiger partial charge in [-0.25, -0.2) is 9.07 Å². The first kappa shape index (κ1) is 13.9. The molecule has 1 aliphatic heterocycles. The minimum absolute atomic E-state index is 0.236.